The molecule has 0 aliphatic heterocycles. The minimum atomic E-state index is -5.27. The molecule has 0 amide bonds. The van der Waals surface area contributed by atoms with Crippen molar-refractivity contribution in [2.75, 3.05) is 6.61 Å². The van der Waals surface area contributed by atoms with E-state index in [1.807, 2.05) is 0 Å². The quantitative estimate of drug-likeness (QED) is 0.469. The van der Waals surface area contributed by atoms with Crippen molar-refractivity contribution in [1.29, 1.82) is 0 Å². The highest BCUT2D eigenvalue weighted by Gasteiger charge is 2.40. The Balaban J connectivity index is 3.51. The second-order valence-electron chi connectivity index (χ2n) is 3.73. The number of rotatable bonds is 4. The number of alkyl halides is 7. The maximum atomic E-state index is 12.9. The van der Waals surface area contributed by atoms with Crippen LogP contribution in [-0.4, -0.2) is 23.9 Å². The van der Waals surface area contributed by atoms with Gasteiger partial charge in [-0.3, -0.25) is 0 Å². The standard InChI is InChI=1S/C11H8ClF6NO3/c1-2-21-9(20)5-3-7(22-11(16,17)18)19-8(6(5)4-12)10(13,14)15/h3H,2,4H2,1H3. The van der Waals surface area contributed by atoms with E-state index in [-0.39, 0.29) is 6.61 Å². The maximum absolute atomic E-state index is 12.9. The Kier molecular flexibility index (Phi) is 5.49. The molecule has 1 rings (SSSR count). The molecular formula is C11H8ClF6NO3. The molecule has 124 valence electrons. The van der Waals surface area contributed by atoms with Crippen molar-refractivity contribution in [3.8, 4) is 5.88 Å². The molecule has 0 spiro atoms. The van der Waals surface area contributed by atoms with E-state index in [1.54, 1.807) is 0 Å². The molecule has 0 radical (unpaired) electrons. The number of hydrogen-bond donors (Lipinski definition) is 0. The van der Waals surface area contributed by atoms with Crippen molar-refractivity contribution in [3.05, 3.63) is 22.9 Å². The molecule has 0 saturated carbocycles. The number of ether oxygens (including phenoxy) is 2. The van der Waals surface area contributed by atoms with Gasteiger partial charge in [0.1, 0.15) is 0 Å². The molecule has 0 N–H and O–H groups in total. The summed E-state index contributed by atoms with van der Waals surface area (Å²) < 4.78 is 82.9. The SMILES string of the molecule is CCOC(=O)c1cc(OC(F)(F)F)nc(C(F)(F)F)c1CCl. The van der Waals surface area contributed by atoms with Crippen LogP contribution in [0.1, 0.15) is 28.5 Å². The fourth-order valence-electron chi connectivity index (χ4n) is 1.48. The van der Waals surface area contributed by atoms with Crippen molar-refractivity contribution in [3.63, 3.8) is 0 Å². The van der Waals surface area contributed by atoms with Gasteiger partial charge in [-0.15, -0.1) is 24.8 Å². The third-order valence-corrected chi connectivity index (χ3v) is 2.49. The zero-order chi connectivity index (χ0) is 17.1. The molecule has 0 atom stereocenters. The van der Waals surface area contributed by atoms with Crippen LogP contribution >= 0.6 is 11.6 Å². The van der Waals surface area contributed by atoms with Crippen LogP contribution in [0, 0.1) is 0 Å². The van der Waals surface area contributed by atoms with Crippen molar-refractivity contribution < 1.29 is 40.6 Å². The smallest absolute Gasteiger partial charge is 0.462 e. The number of halogens is 7. The lowest BCUT2D eigenvalue weighted by Crippen LogP contribution is -2.22. The van der Waals surface area contributed by atoms with Gasteiger partial charge < -0.3 is 9.47 Å². The molecule has 22 heavy (non-hydrogen) atoms. The number of carbonyl (C=O) groups is 1. The van der Waals surface area contributed by atoms with Crippen molar-refractivity contribution in [2.24, 2.45) is 0 Å². The third-order valence-electron chi connectivity index (χ3n) is 2.22. The fourth-order valence-corrected chi connectivity index (χ4v) is 1.75. The van der Waals surface area contributed by atoms with Crippen LogP contribution in [0.5, 0.6) is 5.88 Å². The lowest BCUT2D eigenvalue weighted by molar-refractivity contribution is -0.276. The monoisotopic (exact) mass is 351 g/mol. The molecule has 0 aliphatic rings. The summed E-state index contributed by atoms with van der Waals surface area (Å²) in [6.07, 6.45) is -10.4. The number of nitrogens with zero attached hydrogens (tertiary/aromatic N) is 1. The van der Waals surface area contributed by atoms with Crippen LogP contribution in [-0.2, 0) is 16.8 Å². The fraction of sp³-hybridized carbons (Fsp3) is 0.455. The Morgan fingerprint density at radius 2 is 1.86 bits per heavy atom. The van der Waals surface area contributed by atoms with Crippen LogP contribution in [0.4, 0.5) is 26.3 Å². The summed E-state index contributed by atoms with van der Waals surface area (Å²) in [4.78, 5) is 14.4. The molecular weight excluding hydrogens is 344 g/mol. The minimum absolute atomic E-state index is 0.195. The molecule has 1 aromatic rings. The Labute approximate surface area is 125 Å². The first-order chi connectivity index (χ1) is 9.99. The lowest BCUT2D eigenvalue weighted by Gasteiger charge is -2.16. The zero-order valence-electron chi connectivity index (χ0n) is 10.8. The highest BCUT2D eigenvalue weighted by molar-refractivity contribution is 6.17. The third kappa shape index (κ3) is 4.65. The van der Waals surface area contributed by atoms with E-state index in [9.17, 15) is 31.1 Å². The average molecular weight is 352 g/mol. The predicted octanol–water partition coefficient (Wildman–Crippen LogP) is 3.91. The van der Waals surface area contributed by atoms with Crippen LogP contribution in [0.3, 0.4) is 0 Å². The van der Waals surface area contributed by atoms with Gasteiger partial charge in [-0.05, 0) is 6.92 Å². The summed E-state index contributed by atoms with van der Waals surface area (Å²) in [5, 5.41) is 0. The highest BCUT2D eigenvalue weighted by Crippen LogP contribution is 2.36. The molecule has 11 heteroatoms. The average Bonchev–Trinajstić information content (AvgIpc) is 2.35. The number of carbonyl (C=O) groups excluding carboxylic acids is 1. The van der Waals surface area contributed by atoms with Gasteiger partial charge in [-0.1, -0.05) is 0 Å². The summed E-state index contributed by atoms with van der Waals surface area (Å²) in [5.74, 6) is -3.50. The number of hydrogen-bond acceptors (Lipinski definition) is 4. The summed E-state index contributed by atoms with van der Waals surface area (Å²) in [5.41, 5.74) is -3.33. The largest absolute Gasteiger partial charge is 0.574 e. The van der Waals surface area contributed by atoms with Gasteiger partial charge in [0, 0.05) is 11.6 Å². The van der Waals surface area contributed by atoms with Crippen molar-refractivity contribution in [2.45, 2.75) is 25.3 Å². The molecule has 0 bridgehead atoms. The molecule has 0 aliphatic carbocycles. The Bertz CT molecular complexity index is 558. The van der Waals surface area contributed by atoms with Crippen molar-refractivity contribution in [1.82, 2.24) is 4.98 Å². The maximum Gasteiger partial charge on any atom is 0.574 e. The molecule has 0 fully saturated rings. The topological polar surface area (TPSA) is 48.4 Å². The van der Waals surface area contributed by atoms with Crippen LogP contribution in [0.15, 0.2) is 6.07 Å². The molecule has 0 saturated heterocycles. The normalized spacial score (nSPS) is 12.2. The first-order valence-corrected chi connectivity index (χ1v) is 6.13. The Hall–Kier alpha value is -1.71. The summed E-state index contributed by atoms with van der Waals surface area (Å²) >= 11 is 5.36. The summed E-state index contributed by atoms with van der Waals surface area (Å²) in [6, 6.07) is 0.401. The van der Waals surface area contributed by atoms with E-state index >= 15 is 0 Å². The van der Waals surface area contributed by atoms with Gasteiger partial charge >= 0.3 is 18.5 Å². The van der Waals surface area contributed by atoms with Gasteiger partial charge in [0.15, 0.2) is 5.69 Å². The van der Waals surface area contributed by atoms with E-state index in [4.69, 9.17) is 11.6 Å². The van der Waals surface area contributed by atoms with Gasteiger partial charge in [0.25, 0.3) is 0 Å². The molecule has 1 heterocycles. The molecule has 0 unspecified atom stereocenters. The van der Waals surface area contributed by atoms with Gasteiger partial charge in [0.2, 0.25) is 5.88 Å². The number of pyridine rings is 1. The van der Waals surface area contributed by atoms with E-state index < -0.39 is 47.1 Å². The summed E-state index contributed by atoms with van der Waals surface area (Å²) in [7, 11) is 0. The highest BCUT2D eigenvalue weighted by atomic mass is 35.5. The molecule has 4 nitrogen and oxygen atoms in total. The van der Waals surface area contributed by atoms with Gasteiger partial charge in [-0.2, -0.15) is 13.2 Å². The number of aromatic nitrogens is 1. The van der Waals surface area contributed by atoms with Crippen molar-refractivity contribution >= 4 is 17.6 Å². The van der Waals surface area contributed by atoms with Crippen LogP contribution in [0.25, 0.3) is 0 Å². The van der Waals surface area contributed by atoms with E-state index in [1.165, 1.54) is 6.92 Å². The zero-order valence-corrected chi connectivity index (χ0v) is 11.6. The first kappa shape index (κ1) is 18.3. The first-order valence-electron chi connectivity index (χ1n) is 5.59. The van der Waals surface area contributed by atoms with E-state index in [2.05, 4.69) is 14.5 Å². The van der Waals surface area contributed by atoms with E-state index in [0.717, 1.165) is 0 Å². The Morgan fingerprint density at radius 1 is 1.27 bits per heavy atom. The lowest BCUT2D eigenvalue weighted by atomic mass is 10.1. The second kappa shape index (κ2) is 6.59. The molecule has 0 aromatic carbocycles. The predicted molar refractivity (Wildman–Crippen MR) is 61.4 cm³/mol. The number of esters is 1. The van der Waals surface area contributed by atoms with Crippen LogP contribution in [0.2, 0.25) is 0 Å². The summed E-state index contributed by atoms with van der Waals surface area (Å²) in [6.45, 7) is 1.18. The Morgan fingerprint density at radius 3 is 2.27 bits per heavy atom. The molecule has 1 aromatic heterocycles. The van der Waals surface area contributed by atoms with E-state index in [0.29, 0.717) is 6.07 Å². The van der Waals surface area contributed by atoms with Gasteiger partial charge in [0.05, 0.1) is 18.1 Å². The van der Waals surface area contributed by atoms with Gasteiger partial charge in [-0.25, -0.2) is 9.78 Å². The minimum Gasteiger partial charge on any atom is -0.462 e. The van der Waals surface area contributed by atoms with Crippen LogP contribution < -0.4 is 4.74 Å². The second-order valence-corrected chi connectivity index (χ2v) is 4.00.